The normalized spacial score (nSPS) is 10.3. The van der Waals surface area contributed by atoms with E-state index < -0.39 is 6.09 Å². The van der Waals surface area contributed by atoms with E-state index in [1.807, 2.05) is 25.1 Å². The minimum Gasteiger partial charge on any atom is -0.465 e. The van der Waals surface area contributed by atoms with Crippen LogP contribution in [-0.2, 0) is 0 Å². The van der Waals surface area contributed by atoms with Gasteiger partial charge in [-0.05, 0) is 42.8 Å². The number of nitrogens with zero attached hydrogens (tertiary/aromatic N) is 1. The van der Waals surface area contributed by atoms with Gasteiger partial charge >= 0.3 is 6.09 Å². The number of carbonyl (C=O) groups is 2. The Morgan fingerprint density at radius 3 is 2.22 bits per heavy atom. The van der Waals surface area contributed by atoms with Gasteiger partial charge in [-0.1, -0.05) is 24.3 Å². The molecule has 1 heterocycles. The fourth-order valence-corrected chi connectivity index (χ4v) is 2.69. The molecule has 0 aliphatic carbocycles. The lowest BCUT2D eigenvalue weighted by Crippen LogP contribution is -2.15. The molecule has 0 bridgehead atoms. The third kappa shape index (κ3) is 4.21. The number of pyridine rings is 1. The van der Waals surface area contributed by atoms with Crippen LogP contribution in [0.1, 0.15) is 15.9 Å². The van der Waals surface area contributed by atoms with Crippen molar-refractivity contribution in [3.05, 3.63) is 71.9 Å². The second-order valence-electron chi connectivity index (χ2n) is 5.94. The van der Waals surface area contributed by atoms with Gasteiger partial charge in [-0.2, -0.15) is 0 Å². The number of benzene rings is 2. The number of anilines is 3. The molecule has 27 heavy (non-hydrogen) atoms. The zero-order valence-corrected chi connectivity index (χ0v) is 14.6. The fraction of sp³-hybridized carbons (Fsp3) is 0.0500. The molecule has 0 aliphatic rings. The second kappa shape index (κ2) is 7.57. The lowest BCUT2D eigenvalue weighted by atomic mass is 10.0. The average molecular weight is 362 g/mol. The molecule has 2 aromatic carbocycles. The standard InChI is InChI=1S/C20H18N4O3/c1-12-10-15(21)11-22-18(12)13-6-8-14(9-7-13)19(25)23-16-4-2-3-5-17(16)24-20(26)27/h2-11,24H,21H2,1H3,(H,23,25)(H,26,27). The van der Waals surface area contributed by atoms with E-state index in [-0.39, 0.29) is 5.91 Å². The summed E-state index contributed by atoms with van der Waals surface area (Å²) in [5, 5.41) is 13.9. The van der Waals surface area contributed by atoms with Crippen LogP contribution in [0.15, 0.2) is 60.8 Å². The number of carboxylic acid groups (broad SMARTS) is 1. The number of amides is 2. The first-order valence-corrected chi connectivity index (χ1v) is 8.17. The number of aromatic nitrogens is 1. The predicted molar refractivity (Wildman–Crippen MR) is 105 cm³/mol. The maximum Gasteiger partial charge on any atom is 0.409 e. The number of aryl methyl sites for hydroxylation is 1. The Bertz CT molecular complexity index is 1000. The molecular formula is C20H18N4O3. The summed E-state index contributed by atoms with van der Waals surface area (Å²) in [6, 6.07) is 15.4. The van der Waals surface area contributed by atoms with Crippen molar-refractivity contribution in [2.45, 2.75) is 6.92 Å². The van der Waals surface area contributed by atoms with E-state index in [9.17, 15) is 9.59 Å². The Labute approximate surface area is 155 Å². The third-order valence-electron chi connectivity index (χ3n) is 3.94. The molecule has 3 aromatic rings. The van der Waals surface area contributed by atoms with Gasteiger partial charge in [-0.15, -0.1) is 0 Å². The number of nitrogens with two attached hydrogens (primary N) is 1. The van der Waals surface area contributed by atoms with Crippen LogP contribution in [0.3, 0.4) is 0 Å². The van der Waals surface area contributed by atoms with Crippen molar-refractivity contribution in [3.8, 4) is 11.3 Å². The Morgan fingerprint density at radius 2 is 1.63 bits per heavy atom. The number of nitrogens with one attached hydrogen (secondary N) is 2. The van der Waals surface area contributed by atoms with Crippen molar-refractivity contribution >= 4 is 29.1 Å². The predicted octanol–water partition coefficient (Wildman–Crippen LogP) is 3.98. The summed E-state index contributed by atoms with van der Waals surface area (Å²) >= 11 is 0. The number of rotatable bonds is 4. The van der Waals surface area contributed by atoms with Crippen molar-refractivity contribution in [1.29, 1.82) is 0 Å². The minimum atomic E-state index is -1.20. The highest BCUT2D eigenvalue weighted by Gasteiger charge is 2.11. The van der Waals surface area contributed by atoms with Crippen LogP contribution in [0.25, 0.3) is 11.3 Å². The first kappa shape index (κ1) is 17.9. The smallest absolute Gasteiger partial charge is 0.409 e. The third-order valence-corrected chi connectivity index (χ3v) is 3.94. The SMILES string of the molecule is Cc1cc(N)cnc1-c1ccc(C(=O)Nc2ccccc2NC(=O)O)cc1. The highest BCUT2D eigenvalue weighted by molar-refractivity contribution is 6.07. The largest absolute Gasteiger partial charge is 0.465 e. The fourth-order valence-electron chi connectivity index (χ4n) is 2.69. The summed E-state index contributed by atoms with van der Waals surface area (Å²) in [6.07, 6.45) is 0.391. The second-order valence-corrected chi connectivity index (χ2v) is 5.94. The molecule has 0 radical (unpaired) electrons. The Morgan fingerprint density at radius 1 is 1.00 bits per heavy atom. The molecule has 0 spiro atoms. The van der Waals surface area contributed by atoms with Gasteiger partial charge in [0.15, 0.2) is 0 Å². The number of carbonyl (C=O) groups excluding carboxylic acids is 1. The lowest BCUT2D eigenvalue weighted by molar-refractivity contribution is 0.102. The molecule has 0 saturated heterocycles. The van der Waals surface area contributed by atoms with Gasteiger partial charge in [-0.3, -0.25) is 15.1 Å². The van der Waals surface area contributed by atoms with Gasteiger partial charge in [-0.25, -0.2) is 4.79 Å². The summed E-state index contributed by atoms with van der Waals surface area (Å²) in [5.74, 6) is -0.344. The van der Waals surface area contributed by atoms with Crippen LogP contribution >= 0.6 is 0 Å². The van der Waals surface area contributed by atoms with Crippen LogP contribution in [-0.4, -0.2) is 22.1 Å². The van der Waals surface area contributed by atoms with E-state index in [2.05, 4.69) is 15.6 Å². The summed E-state index contributed by atoms with van der Waals surface area (Å²) < 4.78 is 0. The van der Waals surface area contributed by atoms with E-state index in [0.717, 1.165) is 16.8 Å². The van der Waals surface area contributed by atoms with Gasteiger partial charge < -0.3 is 16.2 Å². The molecule has 0 aliphatic heterocycles. The van der Waals surface area contributed by atoms with E-state index in [1.54, 1.807) is 42.6 Å². The molecule has 7 nitrogen and oxygen atoms in total. The summed E-state index contributed by atoms with van der Waals surface area (Å²) in [4.78, 5) is 27.7. The van der Waals surface area contributed by atoms with E-state index in [0.29, 0.717) is 22.6 Å². The van der Waals surface area contributed by atoms with Crippen LogP contribution < -0.4 is 16.4 Å². The minimum absolute atomic E-state index is 0.302. The molecule has 0 unspecified atom stereocenters. The van der Waals surface area contributed by atoms with Crippen molar-refractivity contribution in [3.63, 3.8) is 0 Å². The number of nitrogen functional groups attached to an aromatic ring is 1. The van der Waals surface area contributed by atoms with Crippen molar-refractivity contribution in [1.82, 2.24) is 4.98 Å². The molecule has 7 heteroatoms. The molecule has 136 valence electrons. The number of para-hydroxylation sites is 2. The van der Waals surface area contributed by atoms with Gasteiger partial charge in [0.25, 0.3) is 5.91 Å². The number of hydrogen-bond donors (Lipinski definition) is 4. The molecule has 1 aromatic heterocycles. The Balaban J connectivity index is 1.80. The zero-order chi connectivity index (χ0) is 19.4. The molecule has 5 N–H and O–H groups in total. The maximum absolute atomic E-state index is 12.5. The van der Waals surface area contributed by atoms with E-state index in [1.165, 1.54) is 0 Å². The molecular weight excluding hydrogens is 344 g/mol. The molecule has 0 saturated carbocycles. The highest BCUT2D eigenvalue weighted by atomic mass is 16.4. The molecule has 3 rings (SSSR count). The number of hydrogen-bond acceptors (Lipinski definition) is 4. The molecule has 0 atom stereocenters. The highest BCUT2D eigenvalue weighted by Crippen LogP contribution is 2.24. The molecule has 2 amide bonds. The zero-order valence-electron chi connectivity index (χ0n) is 14.6. The molecule has 0 fully saturated rings. The Hall–Kier alpha value is -3.87. The Kier molecular flexibility index (Phi) is 5.03. The summed E-state index contributed by atoms with van der Waals surface area (Å²) in [5.41, 5.74) is 10.1. The van der Waals surface area contributed by atoms with Gasteiger partial charge in [0.1, 0.15) is 0 Å². The monoisotopic (exact) mass is 362 g/mol. The lowest BCUT2D eigenvalue weighted by Gasteiger charge is -2.11. The average Bonchev–Trinajstić information content (AvgIpc) is 2.63. The first-order valence-electron chi connectivity index (χ1n) is 8.17. The quantitative estimate of drug-likeness (QED) is 0.560. The maximum atomic E-state index is 12.5. The van der Waals surface area contributed by atoms with Crippen molar-refractivity contribution < 1.29 is 14.7 Å². The topological polar surface area (TPSA) is 117 Å². The van der Waals surface area contributed by atoms with Crippen LogP contribution in [0.2, 0.25) is 0 Å². The summed E-state index contributed by atoms with van der Waals surface area (Å²) in [7, 11) is 0. The van der Waals surface area contributed by atoms with Crippen molar-refractivity contribution in [2.24, 2.45) is 0 Å². The van der Waals surface area contributed by atoms with Gasteiger partial charge in [0.2, 0.25) is 0 Å². The van der Waals surface area contributed by atoms with Crippen molar-refractivity contribution in [2.75, 3.05) is 16.4 Å². The first-order chi connectivity index (χ1) is 12.9. The van der Waals surface area contributed by atoms with Crippen LogP contribution in [0, 0.1) is 6.92 Å². The van der Waals surface area contributed by atoms with E-state index >= 15 is 0 Å². The van der Waals surface area contributed by atoms with Gasteiger partial charge in [0.05, 0.1) is 29.0 Å². The van der Waals surface area contributed by atoms with E-state index in [4.69, 9.17) is 10.8 Å². The van der Waals surface area contributed by atoms with Crippen LogP contribution in [0.4, 0.5) is 21.9 Å². The van der Waals surface area contributed by atoms with Gasteiger partial charge in [0, 0.05) is 11.1 Å². The van der Waals surface area contributed by atoms with Crippen LogP contribution in [0.5, 0.6) is 0 Å². The summed E-state index contributed by atoms with van der Waals surface area (Å²) in [6.45, 7) is 1.92.